The van der Waals surface area contributed by atoms with Gasteiger partial charge in [0.15, 0.2) is 0 Å². The van der Waals surface area contributed by atoms with E-state index in [4.69, 9.17) is 11.0 Å². The zero-order chi connectivity index (χ0) is 16.1. The maximum Gasteiger partial charge on any atom is 0.254 e. The third kappa shape index (κ3) is 3.20. The molecule has 0 unspecified atom stereocenters. The number of carbonyl (C=O) groups excluding carboxylic acids is 2. The molecule has 112 valence electrons. The Labute approximate surface area is 127 Å². The van der Waals surface area contributed by atoms with Crippen molar-refractivity contribution >= 4 is 22.7 Å². The Morgan fingerprint density at radius 1 is 1.36 bits per heavy atom. The number of fused-ring (bicyclic) bond motifs is 1. The Morgan fingerprint density at radius 3 is 2.77 bits per heavy atom. The van der Waals surface area contributed by atoms with Crippen molar-refractivity contribution < 1.29 is 9.59 Å². The number of hydrogen-bond donors (Lipinski definition) is 2. The van der Waals surface area contributed by atoms with Gasteiger partial charge in [-0.2, -0.15) is 5.26 Å². The highest BCUT2D eigenvalue weighted by atomic mass is 16.2. The highest BCUT2D eigenvalue weighted by Gasteiger charge is 2.25. The molecule has 1 aromatic heterocycles. The number of rotatable bonds is 5. The first kappa shape index (κ1) is 15.4. The molecule has 0 bridgehead atoms. The van der Waals surface area contributed by atoms with Crippen LogP contribution in [0.15, 0.2) is 36.5 Å². The van der Waals surface area contributed by atoms with Crippen LogP contribution >= 0.6 is 0 Å². The Kier molecular flexibility index (Phi) is 4.69. The number of carbonyl (C=O) groups is 2. The van der Waals surface area contributed by atoms with Crippen LogP contribution in [-0.4, -0.2) is 22.8 Å². The van der Waals surface area contributed by atoms with Crippen molar-refractivity contribution in [3.8, 4) is 6.07 Å². The molecule has 2 rings (SSSR count). The summed E-state index contributed by atoms with van der Waals surface area (Å²) in [5.41, 5.74) is 6.25. The van der Waals surface area contributed by atoms with Gasteiger partial charge in [0.2, 0.25) is 5.91 Å². The van der Waals surface area contributed by atoms with E-state index < -0.39 is 17.9 Å². The zero-order valence-electron chi connectivity index (χ0n) is 12.1. The summed E-state index contributed by atoms with van der Waals surface area (Å²) in [7, 11) is 0. The van der Waals surface area contributed by atoms with Crippen LogP contribution in [0.1, 0.15) is 23.7 Å². The first-order valence-corrected chi connectivity index (χ1v) is 6.85. The number of amides is 2. The predicted molar refractivity (Wildman–Crippen MR) is 81.6 cm³/mol. The molecule has 6 heteroatoms. The van der Waals surface area contributed by atoms with Crippen LogP contribution in [-0.2, 0) is 4.79 Å². The molecular weight excluding hydrogens is 280 g/mol. The van der Waals surface area contributed by atoms with E-state index in [2.05, 4.69) is 10.3 Å². The Balaban J connectivity index is 2.30. The van der Waals surface area contributed by atoms with Gasteiger partial charge in [-0.25, -0.2) is 0 Å². The van der Waals surface area contributed by atoms with Crippen molar-refractivity contribution in [2.45, 2.75) is 19.4 Å². The van der Waals surface area contributed by atoms with Gasteiger partial charge in [-0.3, -0.25) is 14.6 Å². The number of nitrogens with two attached hydrogens (primary N) is 1. The number of hydrogen-bond acceptors (Lipinski definition) is 4. The molecule has 0 saturated heterocycles. The van der Waals surface area contributed by atoms with E-state index in [0.717, 1.165) is 5.39 Å². The molecule has 0 aliphatic heterocycles. The van der Waals surface area contributed by atoms with Gasteiger partial charge in [0.25, 0.3) is 5.91 Å². The molecule has 1 heterocycles. The molecule has 0 spiro atoms. The summed E-state index contributed by atoms with van der Waals surface area (Å²) in [6, 6.07) is 9.94. The van der Waals surface area contributed by atoms with Crippen molar-refractivity contribution in [1.82, 2.24) is 10.3 Å². The average molecular weight is 296 g/mol. The lowest BCUT2D eigenvalue weighted by Gasteiger charge is -2.20. The van der Waals surface area contributed by atoms with Gasteiger partial charge in [0, 0.05) is 18.0 Å². The quantitative estimate of drug-likeness (QED) is 0.868. The molecule has 0 saturated carbocycles. The minimum Gasteiger partial charge on any atom is -0.368 e. The van der Waals surface area contributed by atoms with Crippen molar-refractivity contribution in [1.29, 1.82) is 5.26 Å². The van der Waals surface area contributed by atoms with Crippen LogP contribution in [0.25, 0.3) is 10.9 Å². The van der Waals surface area contributed by atoms with Crippen molar-refractivity contribution in [2.24, 2.45) is 11.7 Å². The van der Waals surface area contributed by atoms with Gasteiger partial charge in [-0.15, -0.1) is 0 Å². The van der Waals surface area contributed by atoms with Crippen LogP contribution < -0.4 is 11.1 Å². The van der Waals surface area contributed by atoms with Crippen LogP contribution in [0.3, 0.4) is 0 Å². The van der Waals surface area contributed by atoms with Crippen LogP contribution in [0.4, 0.5) is 0 Å². The summed E-state index contributed by atoms with van der Waals surface area (Å²) < 4.78 is 0. The van der Waals surface area contributed by atoms with Gasteiger partial charge in [-0.05, 0) is 18.1 Å². The van der Waals surface area contributed by atoms with E-state index in [1.807, 2.05) is 18.2 Å². The van der Waals surface area contributed by atoms with Crippen molar-refractivity contribution in [3.63, 3.8) is 0 Å². The molecule has 6 nitrogen and oxygen atoms in total. The normalized spacial score (nSPS) is 13.1. The minimum atomic E-state index is -0.897. The first-order valence-electron chi connectivity index (χ1n) is 6.85. The third-order valence-corrected chi connectivity index (χ3v) is 3.45. The second kappa shape index (κ2) is 6.68. The van der Waals surface area contributed by atoms with E-state index in [1.165, 1.54) is 0 Å². The average Bonchev–Trinajstić information content (AvgIpc) is 2.51. The minimum absolute atomic E-state index is 0.127. The highest BCUT2D eigenvalue weighted by Crippen LogP contribution is 2.16. The lowest BCUT2D eigenvalue weighted by molar-refractivity contribution is -0.120. The fourth-order valence-electron chi connectivity index (χ4n) is 2.26. The van der Waals surface area contributed by atoms with E-state index in [1.54, 1.807) is 31.3 Å². The van der Waals surface area contributed by atoms with E-state index >= 15 is 0 Å². The van der Waals surface area contributed by atoms with Crippen LogP contribution in [0.2, 0.25) is 0 Å². The van der Waals surface area contributed by atoms with E-state index in [9.17, 15) is 9.59 Å². The van der Waals surface area contributed by atoms with E-state index in [-0.39, 0.29) is 12.3 Å². The lowest BCUT2D eigenvalue weighted by Crippen LogP contribution is -2.48. The Hall–Kier alpha value is -2.94. The smallest absolute Gasteiger partial charge is 0.254 e. The molecule has 0 fully saturated rings. The monoisotopic (exact) mass is 296 g/mol. The third-order valence-electron chi connectivity index (χ3n) is 3.45. The van der Waals surface area contributed by atoms with Crippen molar-refractivity contribution in [2.75, 3.05) is 0 Å². The summed E-state index contributed by atoms with van der Waals surface area (Å²) in [5, 5.41) is 12.2. The summed E-state index contributed by atoms with van der Waals surface area (Å²) in [6.45, 7) is 1.69. The summed E-state index contributed by atoms with van der Waals surface area (Å²) in [6.07, 6.45) is 1.73. The molecule has 2 aromatic rings. The molecule has 22 heavy (non-hydrogen) atoms. The Morgan fingerprint density at radius 2 is 2.09 bits per heavy atom. The lowest BCUT2D eigenvalue weighted by atomic mass is 9.97. The number of benzene rings is 1. The Bertz CT molecular complexity index is 746. The van der Waals surface area contributed by atoms with E-state index in [0.29, 0.717) is 11.1 Å². The maximum absolute atomic E-state index is 12.4. The van der Waals surface area contributed by atoms with Crippen LogP contribution in [0, 0.1) is 17.2 Å². The standard InChI is InChI=1S/C16H16N4O2/c1-10(7-8-17)13(15(18)21)20-16(22)12-6-2-4-11-5-3-9-19-14(11)12/h2-6,9-10,13H,7H2,1H3,(H2,18,21)(H,20,22)/t10-,13+/m1/s1. The molecule has 0 radical (unpaired) electrons. The van der Waals surface area contributed by atoms with Gasteiger partial charge >= 0.3 is 0 Å². The first-order chi connectivity index (χ1) is 10.5. The number of pyridine rings is 1. The number of para-hydroxylation sites is 1. The molecule has 0 aliphatic rings. The fourth-order valence-corrected chi connectivity index (χ4v) is 2.26. The van der Waals surface area contributed by atoms with Gasteiger partial charge in [-0.1, -0.05) is 25.1 Å². The van der Waals surface area contributed by atoms with Gasteiger partial charge in [0.1, 0.15) is 6.04 Å². The molecular formula is C16H16N4O2. The summed E-state index contributed by atoms with van der Waals surface area (Å²) >= 11 is 0. The molecule has 0 aliphatic carbocycles. The highest BCUT2D eigenvalue weighted by molar-refractivity contribution is 6.06. The van der Waals surface area contributed by atoms with Crippen molar-refractivity contribution in [3.05, 3.63) is 42.1 Å². The second-order valence-corrected chi connectivity index (χ2v) is 5.07. The maximum atomic E-state index is 12.4. The topological polar surface area (TPSA) is 109 Å². The summed E-state index contributed by atoms with van der Waals surface area (Å²) in [4.78, 5) is 28.2. The molecule has 1 aromatic carbocycles. The van der Waals surface area contributed by atoms with Gasteiger partial charge in [0.05, 0.1) is 17.1 Å². The largest absolute Gasteiger partial charge is 0.368 e. The molecule has 2 atom stereocenters. The van der Waals surface area contributed by atoms with Crippen LogP contribution in [0.5, 0.6) is 0 Å². The number of primary amides is 1. The number of nitrogens with zero attached hydrogens (tertiary/aromatic N) is 2. The number of aromatic nitrogens is 1. The predicted octanol–water partition coefficient (Wildman–Crippen LogP) is 1.37. The molecule has 2 amide bonds. The number of nitriles is 1. The number of nitrogens with one attached hydrogen (secondary N) is 1. The summed E-state index contributed by atoms with van der Waals surface area (Å²) in [5.74, 6) is -1.46. The zero-order valence-corrected chi connectivity index (χ0v) is 12.1. The fraction of sp³-hybridized carbons (Fsp3) is 0.250. The SMILES string of the molecule is C[C@H](CC#N)[C@H](NC(=O)c1cccc2cccnc12)C(N)=O. The second-order valence-electron chi connectivity index (χ2n) is 5.07. The molecule has 3 N–H and O–H groups in total. The van der Waals surface area contributed by atoms with Gasteiger partial charge < -0.3 is 11.1 Å².